The third kappa shape index (κ3) is 5.22. The number of esters is 2. The van der Waals surface area contributed by atoms with Gasteiger partial charge in [0.15, 0.2) is 5.92 Å². The zero-order valence-electron chi connectivity index (χ0n) is 14.2. The van der Waals surface area contributed by atoms with E-state index < -0.39 is 35.2 Å². The number of methoxy groups -OCH3 is 2. The summed E-state index contributed by atoms with van der Waals surface area (Å²) >= 11 is 0. The van der Waals surface area contributed by atoms with E-state index in [4.69, 9.17) is 0 Å². The number of nitro groups is 1. The van der Waals surface area contributed by atoms with Crippen LogP contribution < -0.4 is 4.90 Å². The molecule has 1 atom stereocenters. The van der Waals surface area contributed by atoms with E-state index in [1.165, 1.54) is 0 Å². The van der Waals surface area contributed by atoms with Gasteiger partial charge in [-0.25, -0.2) is 0 Å². The number of rotatable bonds is 8. The van der Waals surface area contributed by atoms with Crippen molar-refractivity contribution in [2.75, 3.05) is 39.8 Å². The normalized spacial score (nSPS) is 11.7. The van der Waals surface area contributed by atoms with E-state index in [-0.39, 0.29) is 6.42 Å². The molecule has 0 radical (unpaired) electrons. The van der Waals surface area contributed by atoms with E-state index >= 15 is 0 Å². The largest absolute Gasteiger partial charge is 0.468 e. The second kappa shape index (κ2) is 8.85. The maximum Gasteiger partial charge on any atom is 0.320 e. The smallest absolute Gasteiger partial charge is 0.320 e. The number of carbonyl (C=O) groups is 2. The second-order valence-electron chi connectivity index (χ2n) is 5.56. The number of nitrogens with zero attached hydrogens (tertiary/aromatic N) is 2. The van der Waals surface area contributed by atoms with Gasteiger partial charge in [-0.3, -0.25) is 19.7 Å². The van der Waals surface area contributed by atoms with E-state index in [1.54, 1.807) is 0 Å². The summed E-state index contributed by atoms with van der Waals surface area (Å²) < 4.78 is 9.23. The summed E-state index contributed by atoms with van der Waals surface area (Å²) in [6.45, 7) is -0.537. The molecule has 8 heteroatoms. The number of carbonyl (C=O) groups excluding carboxylic acids is 2. The highest BCUT2D eigenvalue weighted by Crippen LogP contribution is 2.23. The van der Waals surface area contributed by atoms with Gasteiger partial charge in [0.2, 0.25) is 6.54 Å². The molecule has 1 aromatic rings. The lowest BCUT2D eigenvalue weighted by Gasteiger charge is -2.20. The first-order chi connectivity index (χ1) is 11.3. The molecular formula is C16H22N2O6. The third-order valence-corrected chi connectivity index (χ3v) is 3.72. The molecule has 0 aliphatic heterocycles. The van der Waals surface area contributed by atoms with Crippen molar-refractivity contribution in [2.45, 2.75) is 6.42 Å². The van der Waals surface area contributed by atoms with E-state index in [0.29, 0.717) is 0 Å². The number of ether oxygens (including phenoxy) is 2. The summed E-state index contributed by atoms with van der Waals surface area (Å²) in [6, 6.07) is 7.36. The van der Waals surface area contributed by atoms with Crippen molar-refractivity contribution in [3.8, 4) is 0 Å². The summed E-state index contributed by atoms with van der Waals surface area (Å²) in [5.41, 5.74) is 1.76. The Morgan fingerprint density at radius 2 is 1.62 bits per heavy atom. The summed E-state index contributed by atoms with van der Waals surface area (Å²) in [5.74, 6) is -3.86. The van der Waals surface area contributed by atoms with Crippen LogP contribution in [0, 0.1) is 22.0 Å². The molecule has 0 aliphatic rings. The maximum atomic E-state index is 11.9. The fraction of sp³-hybridized carbons (Fsp3) is 0.500. The standard InChI is InChI=1S/C16H22N2O6/c1-17(2)13-7-5-11(6-8-13)9-12(10-18(21)22)14(15(19)23-3)16(20)24-4/h5-8,12,14H,9-10H2,1-4H3. The van der Waals surface area contributed by atoms with Gasteiger partial charge in [-0.2, -0.15) is 0 Å². The molecule has 1 rings (SSSR count). The minimum absolute atomic E-state index is 0.184. The van der Waals surface area contributed by atoms with Gasteiger partial charge in [0.05, 0.1) is 20.1 Å². The zero-order chi connectivity index (χ0) is 18.3. The van der Waals surface area contributed by atoms with Gasteiger partial charge < -0.3 is 14.4 Å². The molecular weight excluding hydrogens is 316 g/mol. The average Bonchev–Trinajstić information content (AvgIpc) is 2.54. The Morgan fingerprint density at radius 3 is 2.00 bits per heavy atom. The number of anilines is 1. The minimum Gasteiger partial charge on any atom is -0.468 e. The van der Waals surface area contributed by atoms with Crippen LogP contribution in [0.5, 0.6) is 0 Å². The molecule has 0 aromatic heterocycles. The minimum atomic E-state index is -1.33. The van der Waals surface area contributed by atoms with Gasteiger partial charge >= 0.3 is 11.9 Å². The van der Waals surface area contributed by atoms with Gasteiger partial charge in [-0.15, -0.1) is 0 Å². The van der Waals surface area contributed by atoms with Crippen molar-refractivity contribution in [2.24, 2.45) is 11.8 Å². The Morgan fingerprint density at radius 1 is 1.12 bits per heavy atom. The first-order valence-electron chi connectivity index (χ1n) is 7.33. The zero-order valence-corrected chi connectivity index (χ0v) is 14.2. The van der Waals surface area contributed by atoms with Gasteiger partial charge in [-0.05, 0) is 24.1 Å². The SMILES string of the molecule is COC(=O)C(C(=O)OC)C(Cc1ccc(N(C)C)cc1)C[N+](=O)[O-]. The maximum absolute atomic E-state index is 11.9. The van der Waals surface area contributed by atoms with E-state index in [1.807, 2.05) is 43.3 Å². The van der Waals surface area contributed by atoms with Crippen LogP contribution in [0.2, 0.25) is 0 Å². The van der Waals surface area contributed by atoms with Gasteiger partial charge in [0, 0.05) is 24.7 Å². The first kappa shape index (κ1) is 19.4. The molecule has 0 fully saturated rings. The first-order valence-corrected chi connectivity index (χ1v) is 7.33. The molecule has 132 valence electrons. The molecule has 0 saturated heterocycles. The highest BCUT2D eigenvalue weighted by atomic mass is 16.6. The lowest BCUT2D eigenvalue weighted by Crippen LogP contribution is -2.38. The molecule has 24 heavy (non-hydrogen) atoms. The Labute approximate surface area is 140 Å². The summed E-state index contributed by atoms with van der Waals surface area (Å²) in [7, 11) is 6.06. The summed E-state index contributed by atoms with van der Waals surface area (Å²) in [5, 5.41) is 11.0. The number of benzene rings is 1. The molecule has 1 aromatic carbocycles. The predicted octanol–water partition coefficient (Wildman–Crippen LogP) is 1.15. The van der Waals surface area contributed by atoms with Crippen LogP contribution in [0.1, 0.15) is 5.56 Å². The highest BCUT2D eigenvalue weighted by molar-refractivity contribution is 5.95. The molecule has 0 amide bonds. The fourth-order valence-electron chi connectivity index (χ4n) is 2.45. The summed E-state index contributed by atoms with van der Waals surface area (Å²) in [6.07, 6.45) is 0.184. The fourth-order valence-corrected chi connectivity index (χ4v) is 2.45. The third-order valence-electron chi connectivity index (χ3n) is 3.72. The van der Waals surface area contributed by atoms with Crippen LogP contribution in [-0.2, 0) is 25.5 Å². The van der Waals surface area contributed by atoms with Gasteiger partial charge in [0.25, 0.3) is 0 Å². The molecule has 0 aliphatic carbocycles. The van der Waals surface area contributed by atoms with Crippen LogP contribution in [0.15, 0.2) is 24.3 Å². The highest BCUT2D eigenvalue weighted by Gasteiger charge is 2.39. The van der Waals surface area contributed by atoms with Crippen molar-refractivity contribution in [3.05, 3.63) is 39.9 Å². The predicted molar refractivity (Wildman–Crippen MR) is 87.3 cm³/mol. The monoisotopic (exact) mass is 338 g/mol. The van der Waals surface area contributed by atoms with Crippen molar-refractivity contribution < 1.29 is 24.0 Å². The average molecular weight is 338 g/mol. The Balaban J connectivity index is 3.07. The topological polar surface area (TPSA) is 99.0 Å². The molecule has 8 nitrogen and oxygen atoms in total. The number of hydrogen-bond acceptors (Lipinski definition) is 7. The van der Waals surface area contributed by atoms with Crippen LogP contribution in [0.25, 0.3) is 0 Å². The molecule has 1 unspecified atom stereocenters. The van der Waals surface area contributed by atoms with E-state index in [0.717, 1.165) is 25.5 Å². The number of hydrogen-bond donors (Lipinski definition) is 0. The molecule has 0 saturated carbocycles. The van der Waals surface area contributed by atoms with Crippen LogP contribution in [-0.4, -0.2) is 51.7 Å². The molecule has 0 spiro atoms. The van der Waals surface area contributed by atoms with E-state index in [9.17, 15) is 19.7 Å². The van der Waals surface area contributed by atoms with Crippen LogP contribution in [0.4, 0.5) is 5.69 Å². The lowest BCUT2D eigenvalue weighted by atomic mass is 9.86. The van der Waals surface area contributed by atoms with Crippen molar-refractivity contribution in [1.29, 1.82) is 0 Å². The molecule has 0 bridgehead atoms. The van der Waals surface area contributed by atoms with Crippen LogP contribution in [0.3, 0.4) is 0 Å². The quantitative estimate of drug-likeness (QED) is 0.303. The summed E-state index contributed by atoms with van der Waals surface area (Å²) in [4.78, 5) is 36.2. The van der Waals surface area contributed by atoms with Crippen molar-refractivity contribution in [1.82, 2.24) is 0 Å². The molecule has 0 N–H and O–H groups in total. The second-order valence-corrected chi connectivity index (χ2v) is 5.56. The Kier molecular flexibility index (Phi) is 7.16. The molecule has 0 heterocycles. The Hall–Kier alpha value is -2.64. The Bertz CT molecular complexity index is 569. The lowest BCUT2D eigenvalue weighted by molar-refractivity contribution is -0.489. The van der Waals surface area contributed by atoms with Crippen molar-refractivity contribution in [3.63, 3.8) is 0 Å². The van der Waals surface area contributed by atoms with E-state index in [2.05, 4.69) is 9.47 Å². The van der Waals surface area contributed by atoms with Crippen molar-refractivity contribution >= 4 is 17.6 Å². The van der Waals surface area contributed by atoms with Crippen LogP contribution >= 0.6 is 0 Å². The van der Waals surface area contributed by atoms with Gasteiger partial charge in [0.1, 0.15) is 0 Å². The van der Waals surface area contributed by atoms with Gasteiger partial charge in [-0.1, -0.05) is 12.1 Å².